The minimum absolute atomic E-state index is 0.0517. The zero-order valence-corrected chi connectivity index (χ0v) is 17.7. The number of Topliss-reactive ketones (excluding diaryl/α,β-unsaturated/α-hetero) is 1. The fraction of sp³-hybridized carbons (Fsp3) is 0.476. The summed E-state index contributed by atoms with van der Waals surface area (Å²) in [6.07, 6.45) is 1.17. The molecule has 1 aromatic carbocycles. The van der Waals surface area contributed by atoms with Gasteiger partial charge in [-0.2, -0.15) is 0 Å². The Kier molecular flexibility index (Phi) is 7.66. The van der Waals surface area contributed by atoms with Crippen molar-refractivity contribution in [2.75, 3.05) is 11.1 Å². The molecule has 2 rings (SSSR count). The average molecular weight is 388 g/mol. The molecule has 5 nitrogen and oxygen atoms in total. The van der Waals surface area contributed by atoms with Crippen molar-refractivity contribution in [3.63, 3.8) is 0 Å². The number of anilines is 1. The predicted molar refractivity (Wildman–Crippen MR) is 112 cm³/mol. The molecule has 6 heteroatoms. The van der Waals surface area contributed by atoms with Crippen molar-refractivity contribution in [1.29, 1.82) is 0 Å². The minimum atomic E-state index is -0.0674. The highest BCUT2D eigenvalue weighted by molar-refractivity contribution is 7.99. The van der Waals surface area contributed by atoms with Gasteiger partial charge in [0.25, 0.3) is 0 Å². The first kappa shape index (κ1) is 21.2. The number of aryl methyl sites for hydroxylation is 1. The number of para-hydroxylation sites is 1. The lowest BCUT2D eigenvalue weighted by molar-refractivity contribution is -0.116. The maximum atomic E-state index is 12.2. The minimum Gasteiger partial charge on any atom is -0.325 e. The Hall–Kier alpha value is -2.08. The van der Waals surface area contributed by atoms with Crippen LogP contribution in [-0.4, -0.2) is 27.0 Å². The van der Waals surface area contributed by atoms with E-state index in [1.54, 1.807) is 30.0 Å². The van der Waals surface area contributed by atoms with Crippen LogP contribution in [0.5, 0.6) is 0 Å². The Balaban J connectivity index is 1.86. The van der Waals surface area contributed by atoms with Crippen molar-refractivity contribution >= 4 is 29.1 Å². The number of thioether (sulfide) groups is 1. The van der Waals surface area contributed by atoms with E-state index in [-0.39, 0.29) is 11.7 Å². The zero-order valence-electron chi connectivity index (χ0n) is 16.8. The van der Waals surface area contributed by atoms with Crippen LogP contribution in [0.2, 0.25) is 0 Å². The molecule has 0 radical (unpaired) electrons. The van der Waals surface area contributed by atoms with Gasteiger partial charge in [0.2, 0.25) is 5.91 Å². The standard InChI is InChI=1S/C21H29N3O2S/c1-14(2)13-24-16(4)15(3)22-21(24)27-12-8-11-20(26)23-19-10-7-6-9-18(19)17(5)25/h6-7,9-10,14H,8,11-13H2,1-5H3,(H,23,26). The van der Waals surface area contributed by atoms with Gasteiger partial charge in [0, 0.05) is 30.0 Å². The van der Waals surface area contributed by atoms with Gasteiger partial charge >= 0.3 is 0 Å². The number of aromatic nitrogens is 2. The summed E-state index contributed by atoms with van der Waals surface area (Å²) in [4.78, 5) is 28.5. The predicted octanol–water partition coefficient (Wildman–Crippen LogP) is 4.87. The number of nitrogens with zero attached hydrogens (tertiary/aromatic N) is 2. The normalized spacial score (nSPS) is 11.0. The Bertz CT molecular complexity index is 812. The van der Waals surface area contributed by atoms with E-state index in [1.165, 1.54) is 12.6 Å². The second-order valence-electron chi connectivity index (χ2n) is 7.17. The topological polar surface area (TPSA) is 64.0 Å². The van der Waals surface area contributed by atoms with Crippen LogP contribution >= 0.6 is 11.8 Å². The highest BCUT2D eigenvalue weighted by Crippen LogP contribution is 2.23. The quantitative estimate of drug-likeness (QED) is 0.379. The number of rotatable bonds is 9. The maximum absolute atomic E-state index is 12.2. The lowest BCUT2D eigenvalue weighted by atomic mass is 10.1. The number of ketones is 1. The highest BCUT2D eigenvalue weighted by atomic mass is 32.2. The van der Waals surface area contributed by atoms with Gasteiger partial charge < -0.3 is 9.88 Å². The number of hydrogen-bond acceptors (Lipinski definition) is 4. The Morgan fingerprint density at radius 2 is 1.93 bits per heavy atom. The summed E-state index contributed by atoms with van der Waals surface area (Å²) in [7, 11) is 0. The molecule has 2 aromatic rings. The van der Waals surface area contributed by atoms with Crippen molar-refractivity contribution in [3.05, 3.63) is 41.2 Å². The van der Waals surface area contributed by atoms with E-state index in [1.807, 2.05) is 13.0 Å². The second kappa shape index (κ2) is 9.74. The number of imidazole rings is 1. The molecule has 27 heavy (non-hydrogen) atoms. The summed E-state index contributed by atoms with van der Waals surface area (Å²) >= 11 is 1.70. The van der Waals surface area contributed by atoms with E-state index in [2.05, 4.69) is 35.6 Å². The summed E-state index contributed by atoms with van der Waals surface area (Å²) in [5, 5.41) is 3.88. The van der Waals surface area contributed by atoms with Crippen molar-refractivity contribution in [3.8, 4) is 0 Å². The molecule has 0 spiro atoms. The molecule has 0 aliphatic rings. The summed E-state index contributed by atoms with van der Waals surface area (Å²) in [5.74, 6) is 1.27. The summed E-state index contributed by atoms with van der Waals surface area (Å²) in [6.45, 7) is 11.0. The van der Waals surface area contributed by atoms with Crippen LogP contribution in [0.3, 0.4) is 0 Å². The second-order valence-corrected chi connectivity index (χ2v) is 8.23. The average Bonchev–Trinajstić information content (AvgIpc) is 2.86. The SMILES string of the molecule is CC(=O)c1ccccc1NC(=O)CCCSc1nc(C)c(C)n1CC(C)C. The summed E-state index contributed by atoms with van der Waals surface area (Å²) in [6, 6.07) is 7.11. The number of benzene rings is 1. The Morgan fingerprint density at radius 1 is 1.22 bits per heavy atom. The third kappa shape index (κ3) is 5.96. The molecule has 0 saturated carbocycles. The molecule has 0 fully saturated rings. The molecule has 0 bridgehead atoms. The lowest BCUT2D eigenvalue weighted by Gasteiger charge is -2.12. The number of carbonyl (C=O) groups excluding carboxylic acids is 2. The smallest absolute Gasteiger partial charge is 0.224 e. The summed E-state index contributed by atoms with van der Waals surface area (Å²) in [5.41, 5.74) is 3.41. The van der Waals surface area contributed by atoms with Crippen molar-refractivity contribution in [1.82, 2.24) is 9.55 Å². The Labute approximate surface area is 166 Å². The molecule has 1 aromatic heterocycles. The van der Waals surface area contributed by atoms with Gasteiger partial charge in [-0.05, 0) is 45.2 Å². The van der Waals surface area contributed by atoms with E-state index < -0.39 is 0 Å². The van der Waals surface area contributed by atoms with E-state index >= 15 is 0 Å². The summed E-state index contributed by atoms with van der Waals surface area (Å²) < 4.78 is 2.27. The molecule has 1 heterocycles. The fourth-order valence-corrected chi connectivity index (χ4v) is 3.86. The third-order valence-electron chi connectivity index (χ3n) is 4.33. The van der Waals surface area contributed by atoms with E-state index in [0.29, 0.717) is 23.6 Å². The van der Waals surface area contributed by atoms with Gasteiger partial charge in [-0.3, -0.25) is 9.59 Å². The molecular weight excluding hydrogens is 358 g/mol. The molecule has 0 aliphatic heterocycles. The molecule has 1 amide bonds. The third-order valence-corrected chi connectivity index (χ3v) is 5.39. The van der Waals surface area contributed by atoms with E-state index in [4.69, 9.17) is 0 Å². The van der Waals surface area contributed by atoms with Crippen LogP contribution in [0, 0.1) is 19.8 Å². The van der Waals surface area contributed by atoms with Gasteiger partial charge in [0.15, 0.2) is 10.9 Å². The van der Waals surface area contributed by atoms with Gasteiger partial charge in [0.05, 0.1) is 11.4 Å². The first-order valence-electron chi connectivity index (χ1n) is 9.36. The number of hydrogen-bond donors (Lipinski definition) is 1. The highest BCUT2D eigenvalue weighted by Gasteiger charge is 2.13. The molecule has 0 atom stereocenters. The van der Waals surface area contributed by atoms with Crippen LogP contribution in [0.15, 0.2) is 29.4 Å². The molecule has 0 unspecified atom stereocenters. The maximum Gasteiger partial charge on any atom is 0.224 e. The Morgan fingerprint density at radius 3 is 2.59 bits per heavy atom. The zero-order chi connectivity index (χ0) is 20.0. The van der Waals surface area contributed by atoms with Crippen molar-refractivity contribution in [2.45, 2.75) is 59.2 Å². The van der Waals surface area contributed by atoms with Crippen LogP contribution in [0.1, 0.15) is 55.4 Å². The number of amides is 1. The van der Waals surface area contributed by atoms with Crippen molar-refractivity contribution in [2.24, 2.45) is 5.92 Å². The van der Waals surface area contributed by atoms with E-state index in [9.17, 15) is 9.59 Å². The van der Waals surface area contributed by atoms with Crippen LogP contribution in [0.25, 0.3) is 0 Å². The van der Waals surface area contributed by atoms with Gasteiger partial charge in [0.1, 0.15) is 0 Å². The van der Waals surface area contributed by atoms with Gasteiger partial charge in [-0.15, -0.1) is 0 Å². The lowest BCUT2D eigenvalue weighted by Crippen LogP contribution is -2.14. The molecular formula is C21H29N3O2S. The first-order valence-corrected chi connectivity index (χ1v) is 10.3. The molecule has 0 aliphatic carbocycles. The van der Waals surface area contributed by atoms with Crippen LogP contribution in [0.4, 0.5) is 5.69 Å². The fourth-order valence-electron chi connectivity index (χ4n) is 2.82. The molecule has 1 N–H and O–H groups in total. The number of carbonyl (C=O) groups is 2. The molecule has 0 saturated heterocycles. The number of nitrogens with one attached hydrogen (secondary N) is 1. The first-order chi connectivity index (χ1) is 12.8. The monoisotopic (exact) mass is 387 g/mol. The van der Waals surface area contributed by atoms with Crippen molar-refractivity contribution < 1.29 is 9.59 Å². The molecule has 146 valence electrons. The largest absolute Gasteiger partial charge is 0.325 e. The van der Waals surface area contributed by atoms with E-state index in [0.717, 1.165) is 29.6 Å². The van der Waals surface area contributed by atoms with Crippen LogP contribution in [-0.2, 0) is 11.3 Å². The van der Waals surface area contributed by atoms with Gasteiger partial charge in [-0.1, -0.05) is 37.7 Å². The van der Waals surface area contributed by atoms with Gasteiger partial charge in [-0.25, -0.2) is 4.98 Å². The van der Waals surface area contributed by atoms with Crippen LogP contribution < -0.4 is 5.32 Å².